The number of nitrogens with two attached hydrogens (primary N) is 1. The number of halogens is 2. The minimum atomic E-state index is -0.201. The van der Waals surface area contributed by atoms with Gasteiger partial charge >= 0.3 is 0 Å². The Morgan fingerprint density at radius 1 is 1.32 bits per heavy atom. The number of aliphatic imine (C=N–C) groups is 1. The first-order valence-electron chi connectivity index (χ1n) is 10.1. The van der Waals surface area contributed by atoms with Crippen molar-refractivity contribution in [2.24, 2.45) is 16.6 Å². The van der Waals surface area contributed by atoms with Gasteiger partial charge in [0, 0.05) is 35.9 Å². The van der Waals surface area contributed by atoms with Crippen LogP contribution in [0.15, 0.2) is 33.7 Å². The number of benzene rings is 1. The van der Waals surface area contributed by atoms with E-state index in [1.807, 2.05) is 0 Å². The Labute approximate surface area is 194 Å². The Morgan fingerprint density at radius 3 is 2.61 bits per heavy atom. The number of carbonyl (C=O) groups is 1. The van der Waals surface area contributed by atoms with Gasteiger partial charge < -0.3 is 16.0 Å². The first-order valence-corrected chi connectivity index (χ1v) is 10.9. The fraction of sp³-hybridized carbons (Fsp3) is 0.619. The molecule has 0 aromatic heterocycles. The SMILES string of the molecule is CCNC(=NCC1(c2ccc(Br)cc2)CCC1)N1CCCC(CC(N)=O)C1.I. The third kappa shape index (κ3) is 5.84. The minimum Gasteiger partial charge on any atom is -0.370 e. The fourth-order valence-electron chi connectivity index (χ4n) is 4.31. The third-order valence-corrected chi connectivity index (χ3v) is 6.47. The normalized spacial score (nSPS) is 21.4. The molecule has 156 valence electrons. The molecule has 1 unspecified atom stereocenters. The van der Waals surface area contributed by atoms with E-state index in [4.69, 9.17) is 10.7 Å². The smallest absolute Gasteiger partial charge is 0.217 e. The van der Waals surface area contributed by atoms with Crippen LogP contribution in [0.25, 0.3) is 0 Å². The molecule has 1 aromatic carbocycles. The Morgan fingerprint density at radius 2 is 2.04 bits per heavy atom. The van der Waals surface area contributed by atoms with Crippen molar-refractivity contribution in [2.75, 3.05) is 26.2 Å². The van der Waals surface area contributed by atoms with Gasteiger partial charge in [0.25, 0.3) is 0 Å². The Balaban J connectivity index is 0.00000280. The summed E-state index contributed by atoms with van der Waals surface area (Å²) in [6.07, 6.45) is 6.29. The van der Waals surface area contributed by atoms with Crippen LogP contribution >= 0.6 is 39.9 Å². The number of piperidine rings is 1. The van der Waals surface area contributed by atoms with Gasteiger partial charge in [0.2, 0.25) is 5.91 Å². The molecule has 1 amide bonds. The highest BCUT2D eigenvalue weighted by Crippen LogP contribution is 2.44. The summed E-state index contributed by atoms with van der Waals surface area (Å²) in [4.78, 5) is 18.7. The van der Waals surface area contributed by atoms with Gasteiger partial charge in [-0.25, -0.2) is 0 Å². The molecule has 0 spiro atoms. The second-order valence-electron chi connectivity index (χ2n) is 7.94. The van der Waals surface area contributed by atoms with Gasteiger partial charge in [-0.3, -0.25) is 9.79 Å². The molecule has 1 aliphatic heterocycles. The van der Waals surface area contributed by atoms with E-state index in [0.29, 0.717) is 12.3 Å². The highest BCUT2D eigenvalue weighted by molar-refractivity contribution is 14.0. The van der Waals surface area contributed by atoms with Gasteiger partial charge in [-0.1, -0.05) is 34.5 Å². The number of hydrogen-bond donors (Lipinski definition) is 2. The summed E-state index contributed by atoms with van der Waals surface area (Å²) in [5.41, 5.74) is 6.97. The molecule has 3 rings (SSSR count). The van der Waals surface area contributed by atoms with Crippen LogP contribution in [0.4, 0.5) is 0 Å². The molecular weight excluding hydrogens is 531 g/mol. The Kier molecular flexibility index (Phi) is 9.05. The summed E-state index contributed by atoms with van der Waals surface area (Å²) in [6, 6.07) is 8.72. The summed E-state index contributed by atoms with van der Waals surface area (Å²) in [6.45, 7) is 5.62. The van der Waals surface area contributed by atoms with Crippen molar-refractivity contribution in [1.29, 1.82) is 0 Å². The van der Waals surface area contributed by atoms with E-state index in [-0.39, 0.29) is 35.3 Å². The van der Waals surface area contributed by atoms with Crippen molar-refractivity contribution in [2.45, 2.75) is 50.9 Å². The zero-order valence-corrected chi connectivity index (χ0v) is 20.5. The van der Waals surface area contributed by atoms with Crippen LogP contribution in [-0.2, 0) is 10.2 Å². The Hall–Kier alpha value is -0.830. The standard InChI is InChI=1S/C21H31BrN4O.HI/c1-2-24-20(26-12-3-5-16(14-26)13-19(23)27)25-15-21(10-4-11-21)17-6-8-18(22)9-7-17;/h6-9,16H,2-5,10-15H2,1H3,(H2,23,27)(H,24,25);1H. The molecule has 5 nitrogen and oxygen atoms in total. The van der Waals surface area contributed by atoms with E-state index in [1.165, 1.54) is 24.8 Å². The molecule has 0 radical (unpaired) electrons. The fourth-order valence-corrected chi connectivity index (χ4v) is 4.57. The number of hydrogen-bond acceptors (Lipinski definition) is 2. The van der Waals surface area contributed by atoms with E-state index in [2.05, 4.69) is 57.3 Å². The zero-order chi connectivity index (χ0) is 19.3. The quantitative estimate of drug-likeness (QED) is 0.312. The van der Waals surface area contributed by atoms with Crippen LogP contribution in [0, 0.1) is 5.92 Å². The molecule has 1 atom stereocenters. The maximum Gasteiger partial charge on any atom is 0.217 e. The van der Waals surface area contributed by atoms with Crippen LogP contribution in [0.2, 0.25) is 0 Å². The van der Waals surface area contributed by atoms with Gasteiger partial charge in [0.1, 0.15) is 0 Å². The predicted molar refractivity (Wildman–Crippen MR) is 129 cm³/mol. The number of rotatable bonds is 6. The molecule has 2 aliphatic rings. The van der Waals surface area contributed by atoms with Gasteiger partial charge in [-0.05, 0) is 56.2 Å². The predicted octanol–water partition coefficient (Wildman–Crippen LogP) is 4.04. The maximum absolute atomic E-state index is 11.3. The summed E-state index contributed by atoms with van der Waals surface area (Å²) in [5, 5.41) is 3.46. The number of amides is 1. The molecule has 2 fully saturated rings. The van der Waals surface area contributed by atoms with E-state index >= 15 is 0 Å². The first-order chi connectivity index (χ1) is 13.0. The number of likely N-dealkylation sites (tertiary alicyclic amines) is 1. The van der Waals surface area contributed by atoms with Crippen LogP contribution in [0.3, 0.4) is 0 Å². The lowest BCUT2D eigenvalue weighted by Crippen LogP contribution is -2.48. The number of primary amides is 1. The lowest BCUT2D eigenvalue weighted by Gasteiger charge is -2.42. The number of carbonyl (C=O) groups excluding carboxylic acids is 1. The molecule has 3 N–H and O–H groups in total. The molecule has 28 heavy (non-hydrogen) atoms. The average Bonchev–Trinajstić information content (AvgIpc) is 2.61. The molecule has 1 heterocycles. The highest BCUT2D eigenvalue weighted by Gasteiger charge is 2.38. The molecule has 1 saturated heterocycles. The van der Waals surface area contributed by atoms with Gasteiger partial charge in [-0.2, -0.15) is 0 Å². The van der Waals surface area contributed by atoms with E-state index in [9.17, 15) is 4.79 Å². The summed E-state index contributed by atoms with van der Waals surface area (Å²) in [5.74, 6) is 1.12. The Bertz CT molecular complexity index is 675. The molecular formula is C21H32BrIN4O. The zero-order valence-electron chi connectivity index (χ0n) is 16.6. The van der Waals surface area contributed by atoms with Gasteiger partial charge in [0.15, 0.2) is 5.96 Å². The number of nitrogens with zero attached hydrogens (tertiary/aromatic N) is 2. The molecule has 7 heteroatoms. The summed E-state index contributed by atoms with van der Waals surface area (Å²) >= 11 is 3.53. The lowest BCUT2D eigenvalue weighted by molar-refractivity contribution is -0.119. The van der Waals surface area contributed by atoms with Crippen molar-refractivity contribution in [3.05, 3.63) is 34.3 Å². The molecule has 0 bridgehead atoms. The molecule has 1 saturated carbocycles. The summed E-state index contributed by atoms with van der Waals surface area (Å²) in [7, 11) is 0. The highest BCUT2D eigenvalue weighted by atomic mass is 127. The molecule has 1 aromatic rings. The van der Waals surface area contributed by atoms with Crippen LogP contribution in [0.1, 0.15) is 51.0 Å². The van der Waals surface area contributed by atoms with Crippen molar-refractivity contribution >= 4 is 51.8 Å². The van der Waals surface area contributed by atoms with Gasteiger partial charge in [-0.15, -0.1) is 24.0 Å². The topological polar surface area (TPSA) is 70.7 Å². The maximum atomic E-state index is 11.3. The van der Waals surface area contributed by atoms with Crippen LogP contribution in [-0.4, -0.2) is 42.9 Å². The largest absolute Gasteiger partial charge is 0.370 e. The van der Waals surface area contributed by atoms with Crippen molar-refractivity contribution < 1.29 is 4.79 Å². The average molecular weight is 563 g/mol. The summed E-state index contributed by atoms with van der Waals surface area (Å²) < 4.78 is 1.12. The van der Waals surface area contributed by atoms with E-state index in [0.717, 1.165) is 49.5 Å². The van der Waals surface area contributed by atoms with Crippen molar-refractivity contribution in [3.63, 3.8) is 0 Å². The second-order valence-corrected chi connectivity index (χ2v) is 8.85. The minimum absolute atomic E-state index is 0. The first kappa shape index (κ1) is 23.4. The lowest BCUT2D eigenvalue weighted by atomic mass is 9.64. The van der Waals surface area contributed by atoms with Crippen LogP contribution < -0.4 is 11.1 Å². The van der Waals surface area contributed by atoms with E-state index < -0.39 is 0 Å². The van der Waals surface area contributed by atoms with Crippen molar-refractivity contribution in [1.82, 2.24) is 10.2 Å². The third-order valence-electron chi connectivity index (χ3n) is 5.94. The van der Waals surface area contributed by atoms with Crippen molar-refractivity contribution in [3.8, 4) is 0 Å². The number of nitrogens with one attached hydrogen (secondary N) is 1. The van der Waals surface area contributed by atoms with Crippen LogP contribution in [0.5, 0.6) is 0 Å². The monoisotopic (exact) mass is 562 g/mol. The van der Waals surface area contributed by atoms with Gasteiger partial charge in [0.05, 0.1) is 6.54 Å². The number of guanidine groups is 1. The second kappa shape index (κ2) is 10.8. The molecule has 1 aliphatic carbocycles. The van der Waals surface area contributed by atoms with E-state index in [1.54, 1.807) is 0 Å².